The second-order valence-corrected chi connectivity index (χ2v) is 6.77. The fraction of sp³-hybridized carbons (Fsp3) is 0.333. The zero-order valence-electron chi connectivity index (χ0n) is 15.2. The number of carbonyl (C=O) groups is 1. The molecule has 1 aromatic heterocycles. The number of amidine groups is 1. The lowest BCUT2D eigenvalue weighted by molar-refractivity contribution is 0.0177. The summed E-state index contributed by atoms with van der Waals surface area (Å²) in [5, 5.41) is 5.31. The number of anilines is 2. The quantitative estimate of drug-likeness (QED) is 0.701. The van der Waals surface area contributed by atoms with E-state index in [1.807, 2.05) is 0 Å². The Hall–Kier alpha value is -3.37. The van der Waals surface area contributed by atoms with Crippen LogP contribution in [-0.2, 0) is 10.3 Å². The number of rotatable bonds is 5. The molecule has 0 radical (unpaired) electrons. The van der Waals surface area contributed by atoms with Crippen LogP contribution in [0, 0.1) is 11.7 Å². The molecule has 29 heavy (non-hydrogen) atoms. The average Bonchev–Trinajstić information content (AvgIpc) is 3.48. The van der Waals surface area contributed by atoms with E-state index in [9.17, 15) is 18.0 Å². The second kappa shape index (κ2) is 6.90. The van der Waals surface area contributed by atoms with E-state index in [4.69, 9.17) is 10.5 Å². The first-order valence-electron chi connectivity index (χ1n) is 8.76. The van der Waals surface area contributed by atoms with E-state index < -0.39 is 41.7 Å². The smallest absolute Gasteiger partial charge is 0.293 e. The number of halogens is 3. The molecule has 2 heterocycles. The summed E-state index contributed by atoms with van der Waals surface area (Å²) in [5.74, 6) is -2.38. The summed E-state index contributed by atoms with van der Waals surface area (Å²) in [7, 11) is 1.67. The predicted molar refractivity (Wildman–Crippen MR) is 98.2 cm³/mol. The number of amides is 1. The molecule has 0 unspecified atom stereocenters. The van der Waals surface area contributed by atoms with E-state index >= 15 is 0 Å². The number of aliphatic imine (C=N–C) groups is 1. The number of aromatic nitrogens is 2. The van der Waals surface area contributed by atoms with Crippen molar-refractivity contribution in [1.29, 1.82) is 0 Å². The number of fused-ring (bicyclic) bond motifs is 1. The lowest BCUT2D eigenvalue weighted by Crippen LogP contribution is -2.43. The molecule has 0 saturated heterocycles. The second-order valence-electron chi connectivity index (χ2n) is 6.77. The molecule has 1 fully saturated rings. The van der Waals surface area contributed by atoms with Gasteiger partial charge in [-0.05, 0) is 24.6 Å². The molecule has 0 spiro atoms. The van der Waals surface area contributed by atoms with Gasteiger partial charge < -0.3 is 21.1 Å². The van der Waals surface area contributed by atoms with Crippen molar-refractivity contribution >= 4 is 23.3 Å². The summed E-state index contributed by atoms with van der Waals surface area (Å²) >= 11 is 0. The van der Waals surface area contributed by atoms with Crippen molar-refractivity contribution in [1.82, 2.24) is 9.97 Å². The minimum atomic E-state index is -3.02. The highest BCUT2D eigenvalue weighted by Gasteiger charge is 2.64. The molecule has 11 heteroatoms. The third-order valence-corrected chi connectivity index (χ3v) is 5.00. The van der Waals surface area contributed by atoms with E-state index in [0.29, 0.717) is 5.69 Å². The van der Waals surface area contributed by atoms with Crippen LogP contribution in [0.25, 0.3) is 0 Å². The van der Waals surface area contributed by atoms with Crippen LogP contribution in [0.1, 0.15) is 22.6 Å². The van der Waals surface area contributed by atoms with Crippen molar-refractivity contribution in [3.05, 3.63) is 47.8 Å². The normalized spacial score (nSPS) is 24.9. The molecular formula is C18H17F3N6O2. The van der Waals surface area contributed by atoms with Gasteiger partial charge in [0.05, 0.1) is 18.1 Å². The van der Waals surface area contributed by atoms with E-state index in [-0.39, 0.29) is 23.5 Å². The lowest BCUT2D eigenvalue weighted by atomic mass is 9.84. The first kappa shape index (κ1) is 19.0. The van der Waals surface area contributed by atoms with E-state index in [2.05, 4.69) is 25.6 Å². The molecule has 1 amide bonds. The summed E-state index contributed by atoms with van der Waals surface area (Å²) in [5.41, 5.74) is 3.75. The maximum absolute atomic E-state index is 14.6. The molecule has 8 nitrogen and oxygen atoms in total. The van der Waals surface area contributed by atoms with Crippen molar-refractivity contribution in [2.24, 2.45) is 16.6 Å². The van der Waals surface area contributed by atoms with Crippen LogP contribution in [-0.4, -0.2) is 41.5 Å². The Morgan fingerprint density at radius 2 is 2.03 bits per heavy atom. The number of ether oxygens (including phenoxy) is 1. The van der Waals surface area contributed by atoms with E-state index in [1.54, 1.807) is 7.05 Å². The van der Waals surface area contributed by atoms with Gasteiger partial charge in [0.2, 0.25) is 5.82 Å². The average molecular weight is 406 g/mol. The molecule has 4 rings (SSSR count). The van der Waals surface area contributed by atoms with Crippen molar-refractivity contribution in [3.8, 4) is 0 Å². The number of benzene rings is 1. The third kappa shape index (κ3) is 3.22. The number of nitrogens with two attached hydrogens (primary N) is 1. The van der Waals surface area contributed by atoms with Gasteiger partial charge in [-0.15, -0.1) is 0 Å². The molecule has 152 valence electrons. The predicted octanol–water partition coefficient (Wildman–Crippen LogP) is 2.10. The van der Waals surface area contributed by atoms with Gasteiger partial charge in [0.15, 0.2) is 5.54 Å². The molecule has 1 aliphatic carbocycles. The van der Waals surface area contributed by atoms with Gasteiger partial charge in [0, 0.05) is 24.2 Å². The van der Waals surface area contributed by atoms with Gasteiger partial charge in [0.25, 0.3) is 18.4 Å². The number of nitrogens with one attached hydrogen (secondary N) is 2. The topological polar surface area (TPSA) is 115 Å². The number of hydrogen-bond acceptors (Lipinski definition) is 7. The number of alkyl halides is 2. The molecule has 4 N–H and O–H groups in total. The van der Waals surface area contributed by atoms with E-state index in [1.165, 1.54) is 18.5 Å². The van der Waals surface area contributed by atoms with Crippen molar-refractivity contribution in [2.75, 3.05) is 17.7 Å². The SMILES string of the molecule is CNc1cnc(C(=O)Nc2ccc(F)c([C@@]3(C(F)F)N=C(N)O[C@@H]4C[C@@H]43)c2)nc1. The maximum atomic E-state index is 14.6. The fourth-order valence-corrected chi connectivity index (χ4v) is 3.47. The molecule has 1 aliphatic heterocycles. The molecule has 0 bridgehead atoms. The van der Waals surface area contributed by atoms with Crippen LogP contribution in [0.5, 0.6) is 0 Å². The first-order chi connectivity index (χ1) is 13.8. The highest BCUT2D eigenvalue weighted by molar-refractivity contribution is 6.01. The van der Waals surface area contributed by atoms with Gasteiger partial charge in [-0.2, -0.15) is 0 Å². The Morgan fingerprint density at radius 1 is 1.31 bits per heavy atom. The van der Waals surface area contributed by atoms with E-state index in [0.717, 1.165) is 12.1 Å². The van der Waals surface area contributed by atoms with Gasteiger partial charge >= 0.3 is 0 Å². The Kier molecular flexibility index (Phi) is 4.52. The van der Waals surface area contributed by atoms with Crippen molar-refractivity contribution < 1.29 is 22.7 Å². The van der Waals surface area contributed by atoms with Crippen LogP contribution in [0.15, 0.2) is 35.6 Å². The van der Waals surface area contributed by atoms with Gasteiger partial charge in [-0.1, -0.05) is 0 Å². The Morgan fingerprint density at radius 3 is 2.69 bits per heavy atom. The molecule has 3 atom stereocenters. The fourth-order valence-electron chi connectivity index (χ4n) is 3.47. The largest absolute Gasteiger partial charge is 0.462 e. The maximum Gasteiger partial charge on any atom is 0.293 e. The Labute approximate surface area is 163 Å². The van der Waals surface area contributed by atoms with Crippen molar-refractivity contribution in [2.45, 2.75) is 24.5 Å². The van der Waals surface area contributed by atoms with Gasteiger partial charge in [0.1, 0.15) is 11.9 Å². The minimum Gasteiger partial charge on any atom is -0.462 e. The van der Waals surface area contributed by atoms with Crippen LogP contribution in [0.3, 0.4) is 0 Å². The summed E-state index contributed by atoms with van der Waals surface area (Å²) in [6.07, 6.45) is -0.431. The number of carbonyl (C=O) groups excluding carboxylic acids is 1. The minimum absolute atomic E-state index is 0.102. The molecular weight excluding hydrogens is 389 g/mol. The molecule has 2 aromatic rings. The summed E-state index contributed by atoms with van der Waals surface area (Å²) in [4.78, 5) is 24.0. The standard InChI is InChI=1S/C18H17F3N6O2/c1-23-9-6-24-14(25-7-9)15(28)26-8-2-3-12(19)10(4-8)18(16(20)21)11-5-13(11)29-17(22)27-18/h2-4,6-7,11,13,16,23H,5H2,1H3,(H2,22,27)(H,26,28)/t11-,13+,18+/m0/s1. The Bertz CT molecular complexity index is 984. The van der Waals surface area contributed by atoms with Crippen LogP contribution < -0.4 is 16.4 Å². The van der Waals surface area contributed by atoms with Crippen LogP contribution in [0.2, 0.25) is 0 Å². The molecule has 1 aromatic carbocycles. The number of nitrogens with zero attached hydrogens (tertiary/aromatic N) is 3. The van der Waals surface area contributed by atoms with Gasteiger partial charge in [-0.25, -0.2) is 28.1 Å². The highest BCUT2D eigenvalue weighted by atomic mass is 19.3. The van der Waals surface area contributed by atoms with Crippen molar-refractivity contribution in [3.63, 3.8) is 0 Å². The monoisotopic (exact) mass is 406 g/mol. The zero-order chi connectivity index (χ0) is 20.8. The van der Waals surface area contributed by atoms with Gasteiger partial charge in [-0.3, -0.25) is 4.79 Å². The lowest BCUT2D eigenvalue weighted by Gasteiger charge is -2.33. The first-order valence-corrected chi connectivity index (χ1v) is 8.76. The zero-order valence-corrected chi connectivity index (χ0v) is 15.2. The summed E-state index contributed by atoms with van der Waals surface area (Å²) in [6.45, 7) is 0. The molecule has 2 aliphatic rings. The molecule has 1 saturated carbocycles. The Balaban J connectivity index is 1.67. The number of hydrogen-bond donors (Lipinski definition) is 3. The summed E-state index contributed by atoms with van der Waals surface area (Å²) < 4.78 is 48.0. The highest BCUT2D eigenvalue weighted by Crippen LogP contribution is 2.56. The third-order valence-electron chi connectivity index (χ3n) is 5.00. The van der Waals surface area contributed by atoms with Crippen LogP contribution >= 0.6 is 0 Å². The van der Waals surface area contributed by atoms with Crippen LogP contribution in [0.4, 0.5) is 24.5 Å². The summed E-state index contributed by atoms with van der Waals surface area (Å²) in [6, 6.07) is 2.99.